The van der Waals surface area contributed by atoms with Gasteiger partial charge in [0.15, 0.2) is 0 Å². The number of carbonyl (C=O) groups is 1. The van der Waals surface area contributed by atoms with Crippen LogP contribution in [0.1, 0.15) is 47.0 Å². The van der Waals surface area contributed by atoms with E-state index in [1.165, 1.54) is 6.92 Å². The SMILES string of the molecule is CC#N.CC(=O)C1(CCC(C)C)C=CC=CC1. The lowest BCUT2D eigenvalue weighted by Gasteiger charge is -2.29. The minimum Gasteiger partial charge on any atom is -0.299 e. The van der Waals surface area contributed by atoms with Crippen LogP contribution in [0.2, 0.25) is 0 Å². The molecule has 0 aromatic rings. The third-order valence-electron chi connectivity index (χ3n) is 3.01. The molecule has 0 radical (unpaired) electrons. The van der Waals surface area contributed by atoms with Crippen molar-refractivity contribution in [1.29, 1.82) is 5.26 Å². The standard InChI is InChI=1S/C13H20O.C2H3N/c1-11(2)7-10-13(12(3)14)8-5-4-6-9-13;1-2-3/h4-6,8,11H,7,9-10H2,1-3H3;1H3. The minimum atomic E-state index is -0.195. The van der Waals surface area contributed by atoms with Crippen molar-refractivity contribution in [2.75, 3.05) is 0 Å². The van der Waals surface area contributed by atoms with Crippen LogP contribution in [-0.2, 0) is 4.79 Å². The number of allylic oxidation sites excluding steroid dienone is 4. The molecule has 0 fully saturated rings. The normalized spacial score (nSPS) is 21.6. The second kappa shape index (κ2) is 7.84. The largest absolute Gasteiger partial charge is 0.299 e. The Morgan fingerprint density at radius 1 is 1.47 bits per heavy atom. The number of rotatable bonds is 4. The van der Waals surface area contributed by atoms with E-state index >= 15 is 0 Å². The molecule has 0 aromatic heterocycles. The summed E-state index contributed by atoms with van der Waals surface area (Å²) in [5.74, 6) is 0.976. The lowest BCUT2D eigenvalue weighted by Crippen LogP contribution is -2.27. The fraction of sp³-hybridized carbons (Fsp3) is 0.600. The molecule has 0 heterocycles. The summed E-state index contributed by atoms with van der Waals surface area (Å²) in [4.78, 5) is 11.6. The lowest BCUT2D eigenvalue weighted by atomic mass is 9.74. The van der Waals surface area contributed by atoms with Crippen molar-refractivity contribution in [3.63, 3.8) is 0 Å². The van der Waals surface area contributed by atoms with Gasteiger partial charge in [-0.2, -0.15) is 5.26 Å². The van der Waals surface area contributed by atoms with Gasteiger partial charge in [-0.1, -0.05) is 38.2 Å². The molecule has 1 unspecified atom stereocenters. The molecule has 0 aromatic carbocycles. The average molecular weight is 233 g/mol. The Bertz CT molecular complexity index is 333. The van der Waals surface area contributed by atoms with Gasteiger partial charge in [0.1, 0.15) is 5.78 Å². The van der Waals surface area contributed by atoms with Gasteiger partial charge < -0.3 is 0 Å². The van der Waals surface area contributed by atoms with Gasteiger partial charge in [-0.25, -0.2) is 0 Å². The molecule has 1 aliphatic rings. The Morgan fingerprint density at radius 2 is 2.06 bits per heavy atom. The summed E-state index contributed by atoms with van der Waals surface area (Å²) in [6.07, 6.45) is 11.2. The van der Waals surface area contributed by atoms with E-state index in [-0.39, 0.29) is 5.41 Å². The topological polar surface area (TPSA) is 40.9 Å². The first-order valence-corrected chi connectivity index (χ1v) is 6.14. The molecule has 1 aliphatic carbocycles. The van der Waals surface area contributed by atoms with Crippen molar-refractivity contribution in [3.05, 3.63) is 24.3 Å². The summed E-state index contributed by atoms with van der Waals surface area (Å²) < 4.78 is 0. The van der Waals surface area contributed by atoms with E-state index in [4.69, 9.17) is 5.26 Å². The van der Waals surface area contributed by atoms with Crippen molar-refractivity contribution in [2.45, 2.75) is 47.0 Å². The van der Waals surface area contributed by atoms with Crippen LogP contribution in [0.4, 0.5) is 0 Å². The van der Waals surface area contributed by atoms with Crippen LogP contribution in [0.5, 0.6) is 0 Å². The molecule has 0 saturated carbocycles. The Kier molecular flexibility index (Phi) is 7.21. The van der Waals surface area contributed by atoms with Crippen molar-refractivity contribution < 1.29 is 4.79 Å². The third kappa shape index (κ3) is 5.49. The van der Waals surface area contributed by atoms with Crippen molar-refractivity contribution >= 4 is 5.78 Å². The Morgan fingerprint density at radius 3 is 2.41 bits per heavy atom. The van der Waals surface area contributed by atoms with E-state index in [9.17, 15) is 4.79 Å². The van der Waals surface area contributed by atoms with Crippen LogP contribution < -0.4 is 0 Å². The molecular formula is C15H23NO. The van der Waals surface area contributed by atoms with Gasteiger partial charge in [0.25, 0.3) is 0 Å². The van der Waals surface area contributed by atoms with Gasteiger partial charge in [-0.3, -0.25) is 4.79 Å². The maximum Gasteiger partial charge on any atom is 0.140 e. The fourth-order valence-electron chi connectivity index (χ4n) is 1.83. The van der Waals surface area contributed by atoms with E-state index in [1.54, 1.807) is 13.0 Å². The predicted molar refractivity (Wildman–Crippen MR) is 71.4 cm³/mol. The van der Waals surface area contributed by atoms with Gasteiger partial charge in [0, 0.05) is 6.92 Å². The summed E-state index contributed by atoms with van der Waals surface area (Å²) >= 11 is 0. The summed E-state index contributed by atoms with van der Waals surface area (Å²) in [7, 11) is 0. The highest BCUT2D eigenvalue weighted by Gasteiger charge is 2.31. The van der Waals surface area contributed by atoms with E-state index in [1.807, 2.05) is 12.2 Å². The van der Waals surface area contributed by atoms with Crippen molar-refractivity contribution in [1.82, 2.24) is 0 Å². The Labute approximate surface area is 105 Å². The number of ketones is 1. The highest BCUT2D eigenvalue weighted by Crippen LogP contribution is 2.35. The van der Waals surface area contributed by atoms with Crippen molar-refractivity contribution in [2.24, 2.45) is 11.3 Å². The van der Waals surface area contributed by atoms with Gasteiger partial charge in [0.2, 0.25) is 0 Å². The molecule has 1 rings (SSSR count). The minimum absolute atomic E-state index is 0.195. The van der Waals surface area contributed by atoms with Gasteiger partial charge in [0.05, 0.1) is 11.5 Å². The molecule has 2 heteroatoms. The first-order valence-electron chi connectivity index (χ1n) is 6.14. The summed E-state index contributed by atoms with van der Waals surface area (Å²) in [5.41, 5.74) is -0.195. The number of carbonyl (C=O) groups excluding carboxylic acids is 1. The fourth-order valence-corrected chi connectivity index (χ4v) is 1.83. The predicted octanol–water partition coefficient (Wildman–Crippen LogP) is 4.04. The molecule has 0 aliphatic heterocycles. The molecule has 0 amide bonds. The molecule has 0 saturated heterocycles. The average Bonchev–Trinajstić information content (AvgIpc) is 2.28. The number of nitriles is 1. The Hall–Kier alpha value is -1.36. The zero-order valence-corrected chi connectivity index (χ0v) is 11.4. The molecule has 0 bridgehead atoms. The molecular weight excluding hydrogens is 210 g/mol. The molecule has 94 valence electrons. The van der Waals surface area contributed by atoms with Crippen LogP contribution >= 0.6 is 0 Å². The second-order valence-electron chi connectivity index (χ2n) is 4.86. The second-order valence-corrected chi connectivity index (χ2v) is 4.86. The Balaban J connectivity index is 0.000000770. The van der Waals surface area contributed by atoms with Gasteiger partial charge in [-0.15, -0.1) is 0 Å². The summed E-state index contributed by atoms with van der Waals surface area (Å²) in [6, 6.07) is 1.75. The van der Waals surface area contributed by atoms with Crippen LogP contribution in [0.25, 0.3) is 0 Å². The quantitative estimate of drug-likeness (QED) is 0.735. The van der Waals surface area contributed by atoms with Crippen LogP contribution in [0.15, 0.2) is 24.3 Å². The molecule has 2 nitrogen and oxygen atoms in total. The zero-order chi connectivity index (χ0) is 13.3. The third-order valence-corrected chi connectivity index (χ3v) is 3.01. The van der Waals surface area contributed by atoms with E-state index < -0.39 is 0 Å². The first kappa shape index (κ1) is 15.6. The van der Waals surface area contributed by atoms with E-state index in [2.05, 4.69) is 26.0 Å². The van der Waals surface area contributed by atoms with Crippen LogP contribution in [0, 0.1) is 22.7 Å². The highest BCUT2D eigenvalue weighted by atomic mass is 16.1. The lowest BCUT2D eigenvalue weighted by molar-refractivity contribution is -0.124. The van der Waals surface area contributed by atoms with Gasteiger partial charge in [-0.05, 0) is 32.1 Å². The summed E-state index contributed by atoms with van der Waals surface area (Å²) in [6.45, 7) is 7.55. The summed E-state index contributed by atoms with van der Waals surface area (Å²) in [5, 5.41) is 7.32. The zero-order valence-electron chi connectivity index (χ0n) is 11.4. The molecule has 0 N–H and O–H groups in total. The number of Topliss-reactive ketones (excluding diaryl/α,β-unsaturated/α-hetero) is 1. The number of hydrogen-bond donors (Lipinski definition) is 0. The monoisotopic (exact) mass is 233 g/mol. The van der Waals surface area contributed by atoms with Crippen LogP contribution in [0.3, 0.4) is 0 Å². The van der Waals surface area contributed by atoms with Crippen LogP contribution in [-0.4, -0.2) is 5.78 Å². The maximum absolute atomic E-state index is 11.6. The van der Waals surface area contributed by atoms with Gasteiger partial charge >= 0.3 is 0 Å². The smallest absolute Gasteiger partial charge is 0.140 e. The van der Waals surface area contributed by atoms with E-state index in [0.29, 0.717) is 11.7 Å². The molecule has 0 spiro atoms. The van der Waals surface area contributed by atoms with Crippen molar-refractivity contribution in [3.8, 4) is 6.07 Å². The number of hydrogen-bond acceptors (Lipinski definition) is 2. The first-order chi connectivity index (χ1) is 7.98. The molecule has 1 atom stereocenters. The number of nitrogens with zero attached hydrogens (tertiary/aromatic N) is 1. The van der Waals surface area contributed by atoms with E-state index in [0.717, 1.165) is 19.3 Å². The highest BCUT2D eigenvalue weighted by molar-refractivity contribution is 5.84. The maximum atomic E-state index is 11.6. The molecule has 17 heavy (non-hydrogen) atoms.